The number of thioether (sulfide) groups is 2. The zero-order chi connectivity index (χ0) is 16.3. The fourth-order valence-electron chi connectivity index (χ4n) is 2.15. The number of hydrogen-bond donors (Lipinski definition) is 2. The van der Waals surface area contributed by atoms with E-state index in [9.17, 15) is 24.8 Å². The highest BCUT2D eigenvalue weighted by Gasteiger charge is 2.43. The summed E-state index contributed by atoms with van der Waals surface area (Å²) in [4.78, 5) is 34.6. The molecular weight excluding hydrogens is 328 g/mol. The second-order valence-electron chi connectivity index (χ2n) is 4.79. The van der Waals surface area contributed by atoms with Crippen LogP contribution < -0.4 is 5.32 Å². The molecular formula is C13H14N2O5S2. The molecule has 1 aromatic rings. The van der Waals surface area contributed by atoms with E-state index in [0.717, 1.165) is 0 Å². The molecule has 0 bridgehead atoms. The van der Waals surface area contributed by atoms with E-state index in [-0.39, 0.29) is 11.3 Å². The Balaban J connectivity index is 2.28. The summed E-state index contributed by atoms with van der Waals surface area (Å²) in [5, 5.41) is 22.9. The summed E-state index contributed by atoms with van der Waals surface area (Å²) in [6.45, 7) is 0. The lowest BCUT2D eigenvalue weighted by Crippen LogP contribution is -2.54. The first-order chi connectivity index (χ1) is 10.4. The van der Waals surface area contributed by atoms with Crippen LogP contribution in [-0.2, 0) is 4.79 Å². The van der Waals surface area contributed by atoms with Gasteiger partial charge in [0.25, 0.3) is 11.6 Å². The Labute approximate surface area is 135 Å². The molecule has 2 rings (SSSR count). The zero-order valence-electron chi connectivity index (χ0n) is 11.7. The lowest BCUT2D eigenvalue weighted by Gasteiger charge is -2.24. The number of nitro benzene ring substituents is 1. The van der Waals surface area contributed by atoms with Crippen molar-refractivity contribution < 1.29 is 19.6 Å². The Hall–Kier alpha value is -1.74. The first kappa shape index (κ1) is 16.6. The van der Waals surface area contributed by atoms with Crippen molar-refractivity contribution in [2.75, 3.05) is 17.8 Å². The number of nitro groups is 1. The third kappa shape index (κ3) is 3.20. The summed E-state index contributed by atoms with van der Waals surface area (Å²) in [7, 11) is 0. The number of hydrogen-bond acceptors (Lipinski definition) is 6. The van der Waals surface area contributed by atoms with E-state index in [0.29, 0.717) is 22.8 Å². The van der Waals surface area contributed by atoms with Gasteiger partial charge in [-0.25, -0.2) is 4.79 Å². The summed E-state index contributed by atoms with van der Waals surface area (Å²) in [6.07, 6.45) is 2.04. The van der Waals surface area contributed by atoms with Crippen LogP contribution in [0.1, 0.15) is 16.8 Å². The predicted octanol–water partition coefficient (Wildman–Crippen LogP) is 2.01. The van der Waals surface area contributed by atoms with Gasteiger partial charge in [0, 0.05) is 17.4 Å². The normalized spacial score (nSPS) is 20.6. The molecule has 118 valence electrons. The zero-order valence-corrected chi connectivity index (χ0v) is 13.3. The summed E-state index contributed by atoms with van der Waals surface area (Å²) in [5.41, 5.74) is -1.37. The van der Waals surface area contributed by atoms with Crippen LogP contribution in [0.4, 0.5) is 5.69 Å². The van der Waals surface area contributed by atoms with Crippen molar-refractivity contribution >= 4 is 41.1 Å². The summed E-state index contributed by atoms with van der Waals surface area (Å²) < 4.78 is 0. The lowest BCUT2D eigenvalue weighted by molar-refractivity contribution is -0.387. The van der Waals surface area contributed by atoms with Crippen LogP contribution in [-0.4, -0.2) is 45.2 Å². The molecule has 0 saturated carbocycles. The summed E-state index contributed by atoms with van der Waals surface area (Å²) >= 11 is 2.66. The SMILES string of the molecule is CSc1ccc(C(=O)NC2(C(=O)O)CCSC2)cc1[N+](=O)[O-]. The lowest BCUT2D eigenvalue weighted by atomic mass is 9.98. The minimum absolute atomic E-state index is 0.0852. The smallest absolute Gasteiger partial charge is 0.330 e. The highest BCUT2D eigenvalue weighted by molar-refractivity contribution is 7.99. The monoisotopic (exact) mass is 342 g/mol. The highest BCUT2D eigenvalue weighted by Crippen LogP contribution is 2.30. The first-order valence-corrected chi connectivity index (χ1v) is 8.73. The van der Waals surface area contributed by atoms with Crippen molar-refractivity contribution in [1.82, 2.24) is 5.32 Å². The molecule has 1 aliphatic heterocycles. The Bertz CT molecular complexity index is 629. The minimum Gasteiger partial charge on any atom is -0.479 e. The molecule has 1 atom stereocenters. The van der Waals surface area contributed by atoms with Crippen molar-refractivity contribution in [1.29, 1.82) is 0 Å². The number of amides is 1. The van der Waals surface area contributed by atoms with Crippen molar-refractivity contribution in [3.63, 3.8) is 0 Å². The largest absolute Gasteiger partial charge is 0.479 e. The maximum Gasteiger partial charge on any atom is 0.330 e. The van der Waals surface area contributed by atoms with Gasteiger partial charge in [0.05, 0.1) is 9.82 Å². The standard InChI is InChI=1S/C13H14N2O5S2/c1-21-10-3-2-8(6-9(10)15(19)20)11(16)14-13(12(17)18)4-5-22-7-13/h2-3,6H,4-5,7H2,1H3,(H,14,16)(H,17,18). The molecule has 7 nitrogen and oxygen atoms in total. The number of nitrogens with one attached hydrogen (secondary N) is 1. The van der Waals surface area contributed by atoms with Crippen LogP contribution in [0.3, 0.4) is 0 Å². The Morgan fingerprint density at radius 1 is 1.50 bits per heavy atom. The molecule has 0 aliphatic carbocycles. The van der Waals surface area contributed by atoms with Gasteiger partial charge in [-0.3, -0.25) is 14.9 Å². The van der Waals surface area contributed by atoms with Crippen LogP contribution in [0.2, 0.25) is 0 Å². The minimum atomic E-state index is -1.30. The predicted molar refractivity (Wildman–Crippen MR) is 84.7 cm³/mol. The average molecular weight is 342 g/mol. The van der Waals surface area contributed by atoms with E-state index in [4.69, 9.17) is 0 Å². The van der Waals surface area contributed by atoms with Crippen LogP contribution in [0.5, 0.6) is 0 Å². The molecule has 9 heteroatoms. The van der Waals surface area contributed by atoms with Crippen LogP contribution in [0.15, 0.2) is 23.1 Å². The topological polar surface area (TPSA) is 110 Å². The summed E-state index contributed by atoms with van der Waals surface area (Å²) in [5.74, 6) is -0.751. The van der Waals surface area contributed by atoms with Gasteiger partial charge in [0.1, 0.15) is 5.54 Å². The van der Waals surface area contributed by atoms with Gasteiger partial charge in [-0.2, -0.15) is 11.8 Å². The number of carboxylic acid groups (broad SMARTS) is 1. The number of nitrogens with zero attached hydrogens (tertiary/aromatic N) is 1. The second-order valence-corrected chi connectivity index (χ2v) is 6.74. The van der Waals surface area contributed by atoms with Gasteiger partial charge in [0.2, 0.25) is 0 Å². The molecule has 1 amide bonds. The molecule has 1 heterocycles. The van der Waals surface area contributed by atoms with Crippen molar-refractivity contribution in [2.45, 2.75) is 16.9 Å². The van der Waals surface area contributed by atoms with E-state index in [1.54, 1.807) is 6.26 Å². The van der Waals surface area contributed by atoms with Crippen LogP contribution in [0.25, 0.3) is 0 Å². The number of rotatable bonds is 5. The molecule has 1 fully saturated rings. The molecule has 1 aliphatic rings. The van der Waals surface area contributed by atoms with Crippen molar-refractivity contribution in [3.05, 3.63) is 33.9 Å². The highest BCUT2D eigenvalue weighted by atomic mass is 32.2. The maximum absolute atomic E-state index is 12.3. The quantitative estimate of drug-likeness (QED) is 0.478. The van der Waals surface area contributed by atoms with Gasteiger partial charge in [-0.15, -0.1) is 11.8 Å². The molecule has 0 spiro atoms. The van der Waals surface area contributed by atoms with Crippen molar-refractivity contribution in [2.24, 2.45) is 0 Å². The van der Waals surface area contributed by atoms with E-state index >= 15 is 0 Å². The molecule has 1 aromatic carbocycles. The van der Waals surface area contributed by atoms with Crippen LogP contribution in [0, 0.1) is 10.1 Å². The van der Waals surface area contributed by atoms with Crippen molar-refractivity contribution in [3.8, 4) is 0 Å². The second kappa shape index (κ2) is 6.57. The third-order valence-electron chi connectivity index (χ3n) is 3.42. The van der Waals surface area contributed by atoms with E-state index in [1.807, 2.05) is 0 Å². The first-order valence-electron chi connectivity index (χ1n) is 6.36. The molecule has 0 aromatic heterocycles. The van der Waals surface area contributed by atoms with Crippen LogP contribution >= 0.6 is 23.5 Å². The average Bonchev–Trinajstić information content (AvgIpc) is 2.96. The molecule has 1 saturated heterocycles. The number of carboxylic acids is 1. The number of aliphatic carboxylic acids is 1. The Morgan fingerprint density at radius 3 is 2.73 bits per heavy atom. The molecule has 1 unspecified atom stereocenters. The van der Waals surface area contributed by atoms with Gasteiger partial charge in [-0.05, 0) is 30.6 Å². The Morgan fingerprint density at radius 2 is 2.23 bits per heavy atom. The van der Waals surface area contributed by atoms with E-state index < -0.39 is 22.3 Å². The molecule has 0 radical (unpaired) electrons. The Kier molecular flexibility index (Phi) is 4.97. The van der Waals surface area contributed by atoms with Gasteiger partial charge in [-0.1, -0.05) is 0 Å². The fourth-order valence-corrected chi connectivity index (χ4v) is 4.02. The van der Waals surface area contributed by atoms with E-state index in [1.165, 1.54) is 41.7 Å². The van der Waals surface area contributed by atoms with Gasteiger partial charge in [0.15, 0.2) is 0 Å². The van der Waals surface area contributed by atoms with E-state index in [2.05, 4.69) is 5.32 Å². The van der Waals surface area contributed by atoms with Gasteiger partial charge >= 0.3 is 5.97 Å². The number of carbonyl (C=O) groups is 2. The molecule has 2 N–H and O–H groups in total. The third-order valence-corrected chi connectivity index (χ3v) is 5.40. The molecule has 22 heavy (non-hydrogen) atoms. The number of carbonyl (C=O) groups excluding carboxylic acids is 1. The summed E-state index contributed by atoms with van der Waals surface area (Å²) in [6, 6.07) is 4.14. The fraction of sp³-hybridized carbons (Fsp3) is 0.385. The van der Waals surface area contributed by atoms with Gasteiger partial charge < -0.3 is 10.4 Å². The number of benzene rings is 1. The maximum atomic E-state index is 12.3.